The van der Waals surface area contributed by atoms with Crippen LogP contribution in [0.1, 0.15) is 11.1 Å². The van der Waals surface area contributed by atoms with E-state index >= 15 is 0 Å². The molecule has 0 aliphatic heterocycles. The van der Waals surface area contributed by atoms with Gasteiger partial charge in [0.05, 0.1) is 11.3 Å². The number of amides is 2. The summed E-state index contributed by atoms with van der Waals surface area (Å²) in [6.07, 6.45) is -0.864. The van der Waals surface area contributed by atoms with Gasteiger partial charge >= 0.3 is 0 Å². The number of nitro benzene ring substituents is 1. The molecule has 0 heterocycles. The molecule has 0 saturated carbocycles. The molecule has 7 nitrogen and oxygen atoms in total. The van der Waals surface area contributed by atoms with Crippen molar-refractivity contribution >= 4 is 17.5 Å². The molecule has 136 valence electrons. The molecule has 0 aromatic heterocycles. The molecular weight excluding hydrogens is 348 g/mol. The Morgan fingerprint density at radius 1 is 1.12 bits per heavy atom. The zero-order valence-corrected chi connectivity index (χ0v) is 13.4. The Labute approximate surface area is 147 Å². The molecule has 1 atom stereocenters. The van der Waals surface area contributed by atoms with Crippen molar-refractivity contribution in [2.45, 2.75) is 18.9 Å². The van der Waals surface area contributed by atoms with Crippen LogP contribution in [0.2, 0.25) is 0 Å². The zero-order valence-electron chi connectivity index (χ0n) is 13.4. The number of nitrogens with two attached hydrogens (primary N) is 1. The Bertz CT molecular complexity index is 837. The minimum Gasteiger partial charge on any atom is -0.368 e. The fourth-order valence-electron chi connectivity index (χ4n) is 2.41. The summed E-state index contributed by atoms with van der Waals surface area (Å²) in [6, 6.07) is 7.58. The Morgan fingerprint density at radius 2 is 1.73 bits per heavy atom. The van der Waals surface area contributed by atoms with E-state index < -0.39 is 46.4 Å². The predicted octanol–water partition coefficient (Wildman–Crippen LogP) is 1.63. The first-order valence-corrected chi connectivity index (χ1v) is 7.53. The van der Waals surface area contributed by atoms with E-state index in [1.165, 1.54) is 24.3 Å². The summed E-state index contributed by atoms with van der Waals surface area (Å²) in [6.45, 7) is 0. The Balaban J connectivity index is 2.15. The standard InChI is InChI=1S/C17H15F2N3O4/c18-12-5-3-6-13(19)11(12)9-16(23)21-14(17(20)24)8-10-4-1-2-7-15(10)22(25)26/h1-7,14H,8-9H2,(H2,20,24)(H,21,23)/t14-/m0/s1. The summed E-state index contributed by atoms with van der Waals surface area (Å²) >= 11 is 0. The van der Waals surface area contributed by atoms with Crippen molar-refractivity contribution in [3.8, 4) is 0 Å². The van der Waals surface area contributed by atoms with Crippen molar-refractivity contribution in [2.75, 3.05) is 0 Å². The van der Waals surface area contributed by atoms with Gasteiger partial charge in [-0.3, -0.25) is 19.7 Å². The van der Waals surface area contributed by atoms with Crippen LogP contribution in [0.3, 0.4) is 0 Å². The summed E-state index contributed by atoms with van der Waals surface area (Å²) in [5, 5.41) is 13.3. The second-order valence-corrected chi connectivity index (χ2v) is 5.49. The van der Waals surface area contributed by atoms with Gasteiger partial charge in [0.25, 0.3) is 5.69 Å². The molecule has 2 aromatic rings. The van der Waals surface area contributed by atoms with Gasteiger partial charge < -0.3 is 11.1 Å². The number of rotatable bonds is 7. The molecule has 0 bridgehead atoms. The number of primary amides is 1. The number of nitrogens with zero attached hydrogens (tertiary/aromatic N) is 1. The first-order chi connectivity index (χ1) is 12.3. The van der Waals surface area contributed by atoms with Crippen LogP contribution in [0.4, 0.5) is 14.5 Å². The number of hydrogen-bond donors (Lipinski definition) is 2. The molecule has 2 aromatic carbocycles. The highest BCUT2D eigenvalue weighted by Crippen LogP contribution is 2.19. The number of nitro groups is 1. The van der Waals surface area contributed by atoms with E-state index in [1.807, 2.05) is 0 Å². The minimum absolute atomic E-state index is 0.193. The summed E-state index contributed by atoms with van der Waals surface area (Å²) in [5.74, 6) is -3.55. The lowest BCUT2D eigenvalue weighted by Crippen LogP contribution is -2.46. The van der Waals surface area contributed by atoms with E-state index in [9.17, 15) is 28.5 Å². The molecular formula is C17H15F2N3O4. The Morgan fingerprint density at radius 3 is 2.31 bits per heavy atom. The van der Waals surface area contributed by atoms with E-state index in [4.69, 9.17) is 5.73 Å². The van der Waals surface area contributed by atoms with Gasteiger partial charge in [0.2, 0.25) is 11.8 Å². The highest BCUT2D eigenvalue weighted by molar-refractivity contribution is 5.87. The third-order valence-electron chi connectivity index (χ3n) is 3.69. The number of carbonyl (C=O) groups excluding carboxylic acids is 2. The minimum atomic E-state index is -1.27. The van der Waals surface area contributed by atoms with Gasteiger partial charge in [0, 0.05) is 23.6 Å². The molecule has 3 N–H and O–H groups in total. The van der Waals surface area contributed by atoms with Crippen molar-refractivity contribution in [1.29, 1.82) is 0 Å². The second kappa shape index (κ2) is 8.15. The summed E-state index contributed by atoms with van der Waals surface area (Å²) < 4.78 is 27.2. The maximum Gasteiger partial charge on any atom is 0.272 e. The van der Waals surface area contributed by atoms with E-state index in [1.54, 1.807) is 0 Å². The average molecular weight is 363 g/mol. The lowest BCUT2D eigenvalue weighted by Gasteiger charge is -2.16. The van der Waals surface area contributed by atoms with Crippen molar-refractivity contribution in [1.82, 2.24) is 5.32 Å². The van der Waals surface area contributed by atoms with E-state index in [2.05, 4.69) is 5.32 Å². The van der Waals surface area contributed by atoms with Crippen LogP contribution in [0, 0.1) is 21.7 Å². The maximum atomic E-state index is 13.6. The predicted molar refractivity (Wildman–Crippen MR) is 88.0 cm³/mol. The van der Waals surface area contributed by atoms with Gasteiger partial charge in [0.15, 0.2) is 0 Å². The van der Waals surface area contributed by atoms with Crippen LogP contribution in [0.5, 0.6) is 0 Å². The van der Waals surface area contributed by atoms with E-state index in [-0.39, 0.29) is 17.7 Å². The number of carbonyl (C=O) groups is 2. The maximum absolute atomic E-state index is 13.6. The van der Waals surface area contributed by atoms with Crippen molar-refractivity contribution < 1.29 is 23.3 Å². The number of para-hydroxylation sites is 1. The topological polar surface area (TPSA) is 115 Å². The highest BCUT2D eigenvalue weighted by Gasteiger charge is 2.24. The molecule has 0 saturated heterocycles. The molecule has 26 heavy (non-hydrogen) atoms. The van der Waals surface area contributed by atoms with Crippen LogP contribution >= 0.6 is 0 Å². The first-order valence-electron chi connectivity index (χ1n) is 7.53. The van der Waals surface area contributed by atoms with Gasteiger partial charge in [-0.1, -0.05) is 24.3 Å². The quantitative estimate of drug-likeness (QED) is 0.574. The average Bonchev–Trinajstić information content (AvgIpc) is 2.58. The van der Waals surface area contributed by atoms with Crippen LogP contribution in [0.25, 0.3) is 0 Å². The fraction of sp³-hybridized carbons (Fsp3) is 0.176. The van der Waals surface area contributed by atoms with Crippen LogP contribution in [-0.4, -0.2) is 22.8 Å². The van der Waals surface area contributed by atoms with Crippen LogP contribution < -0.4 is 11.1 Å². The van der Waals surface area contributed by atoms with Crippen LogP contribution in [0.15, 0.2) is 42.5 Å². The molecule has 0 radical (unpaired) electrons. The monoisotopic (exact) mass is 363 g/mol. The molecule has 0 spiro atoms. The Hall–Kier alpha value is -3.36. The second-order valence-electron chi connectivity index (χ2n) is 5.49. The van der Waals surface area contributed by atoms with Gasteiger partial charge in [-0.05, 0) is 12.1 Å². The molecule has 0 fully saturated rings. The first kappa shape index (κ1) is 19.0. The van der Waals surface area contributed by atoms with Crippen molar-refractivity contribution in [2.24, 2.45) is 5.73 Å². The third-order valence-corrected chi connectivity index (χ3v) is 3.69. The van der Waals surface area contributed by atoms with Crippen molar-refractivity contribution in [3.63, 3.8) is 0 Å². The summed E-state index contributed by atoms with van der Waals surface area (Å²) in [7, 11) is 0. The van der Waals surface area contributed by atoms with Gasteiger partial charge in [-0.15, -0.1) is 0 Å². The zero-order chi connectivity index (χ0) is 19.3. The van der Waals surface area contributed by atoms with E-state index in [0.717, 1.165) is 18.2 Å². The Kier molecular flexibility index (Phi) is 5.94. The molecule has 2 rings (SSSR count). The largest absolute Gasteiger partial charge is 0.368 e. The molecule has 0 unspecified atom stereocenters. The van der Waals surface area contributed by atoms with E-state index in [0.29, 0.717) is 0 Å². The summed E-state index contributed by atoms with van der Waals surface area (Å²) in [4.78, 5) is 34.1. The van der Waals surface area contributed by atoms with Crippen molar-refractivity contribution in [3.05, 3.63) is 75.3 Å². The lowest BCUT2D eigenvalue weighted by molar-refractivity contribution is -0.385. The lowest BCUT2D eigenvalue weighted by atomic mass is 10.0. The molecule has 2 amide bonds. The van der Waals surface area contributed by atoms with Gasteiger partial charge in [-0.2, -0.15) is 0 Å². The smallest absolute Gasteiger partial charge is 0.272 e. The molecule has 0 aliphatic rings. The highest BCUT2D eigenvalue weighted by atomic mass is 19.1. The molecule has 0 aliphatic carbocycles. The number of hydrogen-bond acceptors (Lipinski definition) is 4. The summed E-state index contributed by atoms with van der Waals surface area (Å²) in [5.41, 5.74) is 4.76. The van der Waals surface area contributed by atoms with Gasteiger partial charge in [-0.25, -0.2) is 8.78 Å². The fourth-order valence-corrected chi connectivity index (χ4v) is 2.41. The third kappa shape index (κ3) is 4.59. The van der Waals surface area contributed by atoms with Gasteiger partial charge in [0.1, 0.15) is 17.7 Å². The number of halogens is 2. The molecule has 9 heteroatoms. The number of benzene rings is 2. The number of nitrogens with one attached hydrogen (secondary N) is 1. The SMILES string of the molecule is NC(=O)[C@H](Cc1ccccc1[N+](=O)[O-])NC(=O)Cc1c(F)cccc1F. The van der Waals surface area contributed by atoms with Crippen LogP contribution in [-0.2, 0) is 22.4 Å². The normalized spacial score (nSPS) is 11.6.